The van der Waals surface area contributed by atoms with Crippen LogP contribution in [-0.2, 0) is 9.53 Å². The normalized spacial score (nSPS) is 17.8. The largest absolute Gasteiger partial charge is 0.480 e. The molecule has 1 amide bonds. The summed E-state index contributed by atoms with van der Waals surface area (Å²) in [5.74, 6) is -1.52. The maximum atomic E-state index is 12.6. The van der Waals surface area contributed by atoms with E-state index in [0.29, 0.717) is 22.3 Å². The smallest absolute Gasteiger partial charge is 0.328 e. The molecule has 1 aromatic carbocycles. The second-order valence-corrected chi connectivity index (χ2v) is 6.04. The van der Waals surface area contributed by atoms with Crippen molar-refractivity contribution in [2.24, 2.45) is 0 Å². The van der Waals surface area contributed by atoms with Gasteiger partial charge >= 0.3 is 5.97 Å². The second-order valence-electron chi connectivity index (χ2n) is 5.20. The number of ether oxygens (including phenoxy) is 1. The molecule has 9 heteroatoms. The Bertz CT molecular complexity index is 793. The van der Waals surface area contributed by atoms with Crippen molar-refractivity contribution < 1.29 is 19.4 Å². The number of aliphatic carboxylic acids is 1. The Hall–Kier alpha value is -2.09. The Morgan fingerprint density at radius 1 is 1.33 bits per heavy atom. The first-order valence-corrected chi connectivity index (χ1v) is 7.84. The number of hydrogen-bond acceptors (Lipinski definition) is 4. The average molecular weight is 370 g/mol. The quantitative estimate of drug-likeness (QED) is 0.895. The van der Waals surface area contributed by atoms with Gasteiger partial charge in [0.05, 0.1) is 35.7 Å². The van der Waals surface area contributed by atoms with Crippen molar-refractivity contribution in [2.75, 3.05) is 19.8 Å². The molecule has 3 rings (SSSR count). The first-order chi connectivity index (χ1) is 11.5. The van der Waals surface area contributed by atoms with E-state index >= 15 is 0 Å². The molecule has 0 spiro atoms. The van der Waals surface area contributed by atoms with Crippen LogP contribution in [0.5, 0.6) is 0 Å². The summed E-state index contributed by atoms with van der Waals surface area (Å²) in [5.41, 5.74) is 0.839. The molecule has 1 aliphatic heterocycles. The Morgan fingerprint density at radius 3 is 2.83 bits per heavy atom. The van der Waals surface area contributed by atoms with Gasteiger partial charge in [-0.15, -0.1) is 0 Å². The highest BCUT2D eigenvalue weighted by atomic mass is 35.5. The summed E-state index contributed by atoms with van der Waals surface area (Å²) >= 11 is 12.0. The first kappa shape index (κ1) is 16.8. The molecule has 2 heterocycles. The van der Waals surface area contributed by atoms with E-state index in [-0.39, 0.29) is 18.7 Å². The third kappa shape index (κ3) is 3.24. The lowest BCUT2D eigenvalue weighted by Crippen LogP contribution is -2.52. The number of hydrogen-bond donors (Lipinski definition) is 1. The van der Waals surface area contributed by atoms with Gasteiger partial charge in [-0.25, -0.2) is 9.48 Å². The SMILES string of the molecule is O=C(O)[C@@H]1COCCN1C(=O)c1cnn(-c2ccc(Cl)cc2Cl)c1. The Labute approximate surface area is 147 Å². The third-order valence-corrected chi connectivity index (χ3v) is 4.20. The summed E-state index contributed by atoms with van der Waals surface area (Å²) < 4.78 is 6.58. The molecule has 1 atom stereocenters. The minimum Gasteiger partial charge on any atom is -0.480 e. The zero-order chi connectivity index (χ0) is 17.3. The second kappa shape index (κ2) is 6.80. The van der Waals surface area contributed by atoms with Gasteiger partial charge in [-0.05, 0) is 18.2 Å². The average Bonchev–Trinajstić information content (AvgIpc) is 3.03. The molecule has 0 saturated carbocycles. The zero-order valence-electron chi connectivity index (χ0n) is 12.4. The van der Waals surface area contributed by atoms with Crippen LogP contribution in [0.25, 0.3) is 5.69 Å². The van der Waals surface area contributed by atoms with E-state index in [4.69, 9.17) is 27.9 Å². The molecular weight excluding hydrogens is 357 g/mol. The van der Waals surface area contributed by atoms with E-state index in [1.54, 1.807) is 18.2 Å². The Morgan fingerprint density at radius 2 is 2.12 bits per heavy atom. The van der Waals surface area contributed by atoms with Gasteiger partial charge in [0.25, 0.3) is 5.91 Å². The Balaban J connectivity index is 1.87. The maximum absolute atomic E-state index is 12.6. The van der Waals surface area contributed by atoms with Crippen molar-refractivity contribution in [2.45, 2.75) is 6.04 Å². The highest BCUT2D eigenvalue weighted by molar-refractivity contribution is 6.35. The van der Waals surface area contributed by atoms with Gasteiger partial charge in [0.15, 0.2) is 6.04 Å². The molecule has 7 nitrogen and oxygen atoms in total. The van der Waals surface area contributed by atoms with Crippen LogP contribution in [0, 0.1) is 0 Å². The molecule has 24 heavy (non-hydrogen) atoms. The van der Waals surface area contributed by atoms with E-state index in [1.807, 2.05) is 0 Å². The number of carboxylic acids is 1. The lowest BCUT2D eigenvalue weighted by atomic mass is 10.2. The summed E-state index contributed by atoms with van der Waals surface area (Å²) in [5, 5.41) is 14.2. The molecule has 1 N–H and O–H groups in total. The number of rotatable bonds is 3. The molecule has 1 aromatic heterocycles. The van der Waals surface area contributed by atoms with Crippen LogP contribution in [-0.4, -0.2) is 57.5 Å². The number of aromatic nitrogens is 2. The number of carboxylic acid groups (broad SMARTS) is 1. The van der Waals surface area contributed by atoms with Gasteiger partial charge in [-0.2, -0.15) is 5.10 Å². The van der Waals surface area contributed by atoms with E-state index < -0.39 is 17.9 Å². The van der Waals surface area contributed by atoms with Crippen LogP contribution in [0.4, 0.5) is 0 Å². The minimum absolute atomic E-state index is 0.0295. The zero-order valence-corrected chi connectivity index (χ0v) is 13.9. The summed E-state index contributed by atoms with van der Waals surface area (Å²) in [6, 6.07) is 3.91. The molecule has 0 unspecified atom stereocenters. The van der Waals surface area contributed by atoms with Crippen molar-refractivity contribution in [3.05, 3.63) is 46.2 Å². The fourth-order valence-corrected chi connectivity index (χ4v) is 2.94. The molecule has 1 aliphatic rings. The third-order valence-electron chi connectivity index (χ3n) is 3.66. The molecule has 1 saturated heterocycles. The number of carbonyl (C=O) groups excluding carboxylic acids is 1. The van der Waals surface area contributed by atoms with Gasteiger partial charge in [0.2, 0.25) is 0 Å². The minimum atomic E-state index is -1.10. The van der Waals surface area contributed by atoms with E-state index in [9.17, 15) is 14.7 Å². The van der Waals surface area contributed by atoms with Crippen LogP contribution in [0.2, 0.25) is 10.0 Å². The maximum Gasteiger partial charge on any atom is 0.328 e. The van der Waals surface area contributed by atoms with E-state index in [1.165, 1.54) is 22.0 Å². The van der Waals surface area contributed by atoms with Crippen LogP contribution < -0.4 is 0 Å². The topological polar surface area (TPSA) is 84.7 Å². The van der Waals surface area contributed by atoms with E-state index in [2.05, 4.69) is 5.10 Å². The van der Waals surface area contributed by atoms with Crippen molar-refractivity contribution in [1.82, 2.24) is 14.7 Å². The number of halogens is 2. The van der Waals surface area contributed by atoms with Gasteiger partial charge in [-0.3, -0.25) is 4.79 Å². The summed E-state index contributed by atoms with van der Waals surface area (Å²) in [6.07, 6.45) is 2.88. The lowest BCUT2D eigenvalue weighted by molar-refractivity contribution is -0.147. The van der Waals surface area contributed by atoms with Crippen LogP contribution >= 0.6 is 23.2 Å². The lowest BCUT2D eigenvalue weighted by Gasteiger charge is -2.32. The van der Waals surface area contributed by atoms with E-state index in [0.717, 1.165) is 0 Å². The molecule has 2 aromatic rings. The predicted molar refractivity (Wildman–Crippen MR) is 86.9 cm³/mol. The molecular formula is C15H13Cl2N3O4. The van der Waals surface area contributed by atoms with Gasteiger partial charge in [0, 0.05) is 17.8 Å². The summed E-state index contributed by atoms with van der Waals surface area (Å²) in [4.78, 5) is 25.2. The van der Waals surface area contributed by atoms with Crippen LogP contribution in [0.1, 0.15) is 10.4 Å². The van der Waals surface area contributed by atoms with Gasteiger partial charge in [-0.1, -0.05) is 23.2 Å². The summed E-state index contributed by atoms with van der Waals surface area (Å²) in [7, 11) is 0. The summed E-state index contributed by atoms with van der Waals surface area (Å²) in [6.45, 7) is 0.480. The molecule has 0 aliphatic carbocycles. The van der Waals surface area contributed by atoms with Gasteiger partial charge in [0.1, 0.15) is 0 Å². The number of carbonyl (C=O) groups is 2. The molecule has 0 bridgehead atoms. The standard InChI is InChI=1S/C15H13Cl2N3O4/c16-10-1-2-12(11(17)5-10)20-7-9(6-18-20)14(21)19-3-4-24-8-13(19)15(22)23/h1-2,5-7,13H,3-4,8H2,(H,22,23)/t13-/m0/s1. The first-order valence-electron chi connectivity index (χ1n) is 7.09. The highest BCUT2D eigenvalue weighted by Gasteiger charge is 2.33. The van der Waals surface area contributed by atoms with Crippen molar-refractivity contribution in [1.29, 1.82) is 0 Å². The number of morpholine rings is 1. The van der Waals surface area contributed by atoms with Crippen molar-refractivity contribution >= 4 is 35.1 Å². The monoisotopic (exact) mass is 369 g/mol. The fraction of sp³-hybridized carbons (Fsp3) is 0.267. The van der Waals surface area contributed by atoms with Crippen molar-refractivity contribution in [3.63, 3.8) is 0 Å². The fourth-order valence-electron chi connectivity index (χ4n) is 2.45. The Kier molecular flexibility index (Phi) is 4.75. The predicted octanol–water partition coefficient (Wildman–Crippen LogP) is 2.10. The molecule has 0 radical (unpaired) electrons. The molecule has 1 fully saturated rings. The van der Waals surface area contributed by atoms with Crippen LogP contribution in [0.3, 0.4) is 0 Å². The number of benzene rings is 1. The molecule has 126 valence electrons. The number of nitrogens with zero attached hydrogens (tertiary/aromatic N) is 3. The highest BCUT2D eigenvalue weighted by Crippen LogP contribution is 2.24. The van der Waals surface area contributed by atoms with Crippen molar-refractivity contribution in [3.8, 4) is 5.69 Å². The van der Waals surface area contributed by atoms with Crippen LogP contribution in [0.15, 0.2) is 30.6 Å². The number of amides is 1. The van der Waals surface area contributed by atoms with Gasteiger partial charge < -0.3 is 14.7 Å².